The smallest absolute Gasteiger partial charge is 0.306 e. The zero-order valence-electron chi connectivity index (χ0n) is 10.9. The minimum Gasteiger partial charge on any atom is -0.481 e. The standard InChI is InChI=1S/C13H22N2O2/c1-4-5-6-11(13(16)17)7-12-8-14-9-15(12)10(2)3/h8-11H,4-7H2,1-3H3,(H,16,17). The highest BCUT2D eigenvalue weighted by atomic mass is 16.4. The first-order valence-corrected chi connectivity index (χ1v) is 6.29. The SMILES string of the molecule is CCCCC(Cc1cncn1C(C)C)C(=O)O. The van der Waals surface area contributed by atoms with Gasteiger partial charge in [0.25, 0.3) is 0 Å². The molecule has 0 fully saturated rings. The van der Waals surface area contributed by atoms with Gasteiger partial charge in [-0.2, -0.15) is 0 Å². The molecule has 0 saturated heterocycles. The van der Waals surface area contributed by atoms with Gasteiger partial charge in [-0.3, -0.25) is 4.79 Å². The van der Waals surface area contributed by atoms with E-state index in [1.54, 1.807) is 12.5 Å². The first kappa shape index (κ1) is 13.7. The summed E-state index contributed by atoms with van der Waals surface area (Å²) in [5.41, 5.74) is 1.02. The molecule has 0 saturated carbocycles. The number of rotatable bonds is 7. The highest BCUT2D eigenvalue weighted by Crippen LogP contribution is 2.18. The van der Waals surface area contributed by atoms with Gasteiger partial charge in [-0.25, -0.2) is 4.98 Å². The van der Waals surface area contributed by atoms with Crippen molar-refractivity contribution in [1.29, 1.82) is 0 Å². The van der Waals surface area contributed by atoms with Crippen molar-refractivity contribution in [3.63, 3.8) is 0 Å². The summed E-state index contributed by atoms with van der Waals surface area (Å²) >= 11 is 0. The third-order valence-electron chi connectivity index (χ3n) is 3.01. The van der Waals surface area contributed by atoms with Gasteiger partial charge < -0.3 is 9.67 Å². The van der Waals surface area contributed by atoms with Crippen molar-refractivity contribution in [3.05, 3.63) is 18.2 Å². The second kappa shape index (κ2) is 6.42. The number of hydrogen-bond acceptors (Lipinski definition) is 2. The third-order valence-corrected chi connectivity index (χ3v) is 3.01. The third kappa shape index (κ3) is 3.88. The van der Waals surface area contributed by atoms with Crippen LogP contribution in [-0.4, -0.2) is 20.6 Å². The Hall–Kier alpha value is -1.32. The van der Waals surface area contributed by atoms with Gasteiger partial charge in [0.1, 0.15) is 0 Å². The molecule has 1 atom stereocenters. The predicted molar refractivity (Wildman–Crippen MR) is 67.0 cm³/mol. The van der Waals surface area contributed by atoms with Crippen molar-refractivity contribution >= 4 is 5.97 Å². The average molecular weight is 238 g/mol. The molecule has 0 aliphatic carbocycles. The molecule has 4 heteroatoms. The van der Waals surface area contributed by atoms with Gasteiger partial charge in [-0.1, -0.05) is 19.8 Å². The van der Waals surface area contributed by atoms with Crippen molar-refractivity contribution in [3.8, 4) is 0 Å². The highest BCUT2D eigenvalue weighted by molar-refractivity contribution is 5.70. The molecule has 0 aliphatic rings. The fraction of sp³-hybridized carbons (Fsp3) is 0.692. The van der Waals surface area contributed by atoms with Gasteiger partial charge in [0.15, 0.2) is 0 Å². The Kier molecular flexibility index (Phi) is 5.19. The highest BCUT2D eigenvalue weighted by Gasteiger charge is 2.19. The molecule has 96 valence electrons. The van der Waals surface area contributed by atoms with E-state index < -0.39 is 5.97 Å². The van der Waals surface area contributed by atoms with E-state index in [4.69, 9.17) is 0 Å². The van der Waals surface area contributed by atoms with Gasteiger partial charge >= 0.3 is 5.97 Å². The number of carboxylic acids is 1. The summed E-state index contributed by atoms with van der Waals surface area (Å²) in [5.74, 6) is -0.987. The van der Waals surface area contributed by atoms with Crippen LogP contribution < -0.4 is 0 Å². The van der Waals surface area contributed by atoms with E-state index in [-0.39, 0.29) is 5.92 Å². The molecule has 1 N–H and O–H groups in total. The lowest BCUT2D eigenvalue weighted by Crippen LogP contribution is -2.18. The van der Waals surface area contributed by atoms with E-state index in [9.17, 15) is 9.90 Å². The van der Waals surface area contributed by atoms with Crippen LogP contribution in [0.3, 0.4) is 0 Å². The van der Waals surface area contributed by atoms with Crippen LogP contribution in [0.4, 0.5) is 0 Å². The fourth-order valence-corrected chi connectivity index (χ4v) is 1.97. The summed E-state index contributed by atoms with van der Waals surface area (Å²) < 4.78 is 2.04. The molecule has 0 aliphatic heterocycles. The van der Waals surface area contributed by atoms with Gasteiger partial charge in [0, 0.05) is 24.4 Å². The summed E-state index contributed by atoms with van der Waals surface area (Å²) in [6.45, 7) is 6.23. The molecular weight excluding hydrogens is 216 g/mol. The maximum absolute atomic E-state index is 11.2. The van der Waals surface area contributed by atoms with Gasteiger partial charge in [-0.15, -0.1) is 0 Å². The van der Waals surface area contributed by atoms with Crippen LogP contribution in [0.15, 0.2) is 12.5 Å². The monoisotopic (exact) mass is 238 g/mol. The molecule has 1 rings (SSSR count). The molecule has 1 aromatic rings. The van der Waals surface area contributed by atoms with Gasteiger partial charge in [0.2, 0.25) is 0 Å². The van der Waals surface area contributed by atoms with E-state index in [2.05, 4.69) is 25.8 Å². The molecule has 0 spiro atoms. The number of unbranched alkanes of at least 4 members (excludes halogenated alkanes) is 1. The number of carbonyl (C=O) groups is 1. The normalized spacial score (nSPS) is 12.9. The van der Waals surface area contributed by atoms with Crippen LogP contribution in [-0.2, 0) is 11.2 Å². The minimum atomic E-state index is -0.699. The average Bonchev–Trinajstić information content (AvgIpc) is 2.71. The Labute approximate surface area is 103 Å². The minimum absolute atomic E-state index is 0.288. The lowest BCUT2D eigenvalue weighted by molar-refractivity contribution is -0.142. The van der Waals surface area contributed by atoms with Gasteiger partial charge in [-0.05, 0) is 20.3 Å². The summed E-state index contributed by atoms with van der Waals surface area (Å²) in [4.78, 5) is 15.3. The molecule has 0 amide bonds. The summed E-state index contributed by atoms with van der Waals surface area (Å²) in [5, 5.41) is 9.20. The molecule has 4 nitrogen and oxygen atoms in total. The van der Waals surface area contributed by atoms with Crippen LogP contribution in [0.2, 0.25) is 0 Å². The van der Waals surface area contributed by atoms with Crippen molar-refractivity contribution < 1.29 is 9.90 Å². The topological polar surface area (TPSA) is 55.1 Å². The Morgan fingerprint density at radius 2 is 2.24 bits per heavy atom. The lowest BCUT2D eigenvalue weighted by Gasteiger charge is -2.15. The molecule has 1 heterocycles. The maximum atomic E-state index is 11.2. The predicted octanol–water partition coefficient (Wildman–Crippen LogP) is 2.90. The Bertz CT molecular complexity index is 358. The second-order valence-electron chi connectivity index (χ2n) is 4.77. The van der Waals surface area contributed by atoms with E-state index in [0.717, 1.165) is 25.0 Å². The van der Waals surface area contributed by atoms with E-state index >= 15 is 0 Å². The molecule has 1 unspecified atom stereocenters. The van der Waals surface area contributed by atoms with Crippen molar-refractivity contribution in [1.82, 2.24) is 9.55 Å². The number of nitrogens with zero attached hydrogens (tertiary/aromatic N) is 2. The van der Waals surface area contributed by atoms with Gasteiger partial charge in [0.05, 0.1) is 12.2 Å². The maximum Gasteiger partial charge on any atom is 0.306 e. The first-order valence-electron chi connectivity index (χ1n) is 6.29. The number of imidazole rings is 1. The molecule has 0 aromatic carbocycles. The molecule has 0 bridgehead atoms. The fourth-order valence-electron chi connectivity index (χ4n) is 1.97. The van der Waals surface area contributed by atoms with Crippen molar-refractivity contribution in [2.24, 2.45) is 5.92 Å². The summed E-state index contributed by atoms with van der Waals surface area (Å²) in [6, 6.07) is 0.327. The van der Waals surface area contributed by atoms with Crippen molar-refractivity contribution in [2.75, 3.05) is 0 Å². The van der Waals surface area contributed by atoms with E-state index in [1.807, 2.05) is 4.57 Å². The van der Waals surface area contributed by atoms with E-state index in [1.165, 1.54) is 0 Å². The quantitative estimate of drug-likeness (QED) is 0.794. The first-order chi connectivity index (χ1) is 8.06. The largest absolute Gasteiger partial charge is 0.481 e. The van der Waals surface area contributed by atoms with Crippen LogP contribution in [0.1, 0.15) is 51.8 Å². The Morgan fingerprint density at radius 1 is 1.53 bits per heavy atom. The number of hydrogen-bond donors (Lipinski definition) is 1. The Balaban J connectivity index is 2.71. The van der Waals surface area contributed by atoms with Crippen molar-refractivity contribution in [2.45, 2.75) is 52.5 Å². The summed E-state index contributed by atoms with van der Waals surface area (Å²) in [6.07, 6.45) is 6.88. The molecular formula is C13H22N2O2. The van der Waals surface area contributed by atoms with Crippen LogP contribution >= 0.6 is 0 Å². The second-order valence-corrected chi connectivity index (χ2v) is 4.77. The van der Waals surface area contributed by atoms with Crippen LogP contribution in [0.25, 0.3) is 0 Å². The molecule has 17 heavy (non-hydrogen) atoms. The number of carboxylic acid groups (broad SMARTS) is 1. The molecule has 1 aromatic heterocycles. The number of aromatic nitrogens is 2. The molecule has 0 radical (unpaired) electrons. The van der Waals surface area contributed by atoms with Crippen LogP contribution in [0, 0.1) is 5.92 Å². The Morgan fingerprint density at radius 3 is 2.76 bits per heavy atom. The zero-order valence-corrected chi connectivity index (χ0v) is 10.9. The summed E-state index contributed by atoms with van der Waals surface area (Å²) in [7, 11) is 0. The van der Waals surface area contributed by atoms with E-state index in [0.29, 0.717) is 12.5 Å². The lowest BCUT2D eigenvalue weighted by atomic mass is 9.97. The zero-order chi connectivity index (χ0) is 12.8. The number of aliphatic carboxylic acids is 1. The van der Waals surface area contributed by atoms with Crippen LogP contribution in [0.5, 0.6) is 0 Å².